The summed E-state index contributed by atoms with van der Waals surface area (Å²) in [4.78, 5) is 31.6. The lowest BCUT2D eigenvalue weighted by atomic mass is 10.0. The zero-order valence-electron chi connectivity index (χ0n) is 22.1. The average Bonchev–Trinajstić information content (AvgIpc) is 3.66. The smallest absolute Gasteiger partial charge is 0.269 e. The molecule has 0 amide bonds. The first-order chi connectivity index (χ1) is 19.5. The van der Waals surface area contributed by atoms with Crippen molar-refractivity contribution in [2.45, 2.75) is 31.5 Å². The molecule has 2 aromatic heterocycles. The number of H-pyrrole nitrogens is 1. The van der Waals surface area contributed by atoms with Gasteiger partial charge in [-0.2, -0.15) is 0 Å². The molecule has 13 heteroatoms. The number of hydrogen-bond donors (Lipinski definition) is 1. The highest BCUT2D eigenvalue weighted by Crippen LogP contribution is 2.30. The first kappa shape index (κ1) is 25.9. The molecule has 6 rings (SSSR count). The summed E-state index contributed by atoms with van der Waals surface area (Å²) in [5, 5.41) is 24.6. The predicted molar refractivity (Wildman–Crippen MR) is 147 cm³/mol. The monoisotopic (exact) mass is 546 g/mol. The molecule has 208 valence electrons. The second-order valence-corrected chi connectivity index (χ2v) is 10.1. The van der Waals surface area contributed by atoms with Gasteiger partial charge in [-0.05, 0) is 59.0 Å². The Morgan fingerprint density at radius 2 is 1.95 bits per heavy atom. The number of anilines is 1. The quantitative estimate of drug-likeness (QED) is 0.258. The third-order valence-electron chi connectivity index (χ3n) is 7.69. The number of methoxy groups -OCH3 is 1. The number of fused-ring (bicyclic) bond motifs is 1. The van der Waals surface area contributed by atoms with Crippen LogP contribution in [0.3, 0.4) is 0 Å². The summed E-state index contributed by atoms with van der Waals surface area (Å²) in [6.45, 7) is 3.85. The molecule has 0 radical (unpaired) electrons. The molecule has 4 aromatic rings. The average molecular weight is 547 g/mol. The molecule has 1 N–H and O–H groups in total. The van der Waals surface area contributed by atoms with E-state index in [1.165, 1.54) is 12.1 Å². The van der Waals surface area contributed by atoms with Crippen LogP contribution in [0.4, 0.5) is 11.4 Å². The SMILES string of the molecule is COc1ccc2cc([C@@H](c3nnnn3C[C@H]3CCCO3)N3CCN(c4ccc([N+](=O)[O-])cc4)CC3)c(=O)[nH]c2c1. The molecule has 0 saturated carbocycles. The van der Waals surface area contributed by atoms with Gasteiger partial charge < -0.3 is 19.4 Å². The topological polar surface area (TPSA) is 145 Å². The van der Waals surface area contributed by atoms with Gasteiger partial charge >= 0.3 is 0 Å². The fourth-order valence-corrected chi connectivity index (χ4v) is 5.57. The molecule has 4 heterocycles. The van der Waals surface area contributed by atoms with E-state index in [1.807, 2.05) is 18.2 Å². The van der Waals surface area contributed by atoms with Crippen molar-refractivity contribution in [1.29, 1.82) is 0 Å². The number of aromatic nitrogens is 5. The molecule has 0 aliphatic carbocycles. The molecule has 0 unspecified atom stereocenters. The van der Waals surface area contributed by atoms with Crippen LogP contribution >= 0.6 is 0 Å². The number of benzene rings is 2. The maximum absolute atomic E-state index is 13.5. The normalized spacial score (nSPS) is 18.7. The lowest BCUT2D eigenvalue weighted by Crippen LogP contribution is -2.49. The third kappa shape index (κ3) is 5.12. The van der Waals surface area contributed by atoms with E-state index in [4.69, 9.17) is 9.47 Å². The molecule has 2 saturated heterocycles. The fraction of sp³-hybridized carbons (Fsp3) is 0.407. The van der Waals surface area contributed by atoms with Crippen molar-refractivity contribution in [3.8, 4) is 5.75 Å². The van der Waals surface area contributed by atoms with Crippen molar-refractivity contribution in [1.82, 2.24) is 30.1 Å². The third-order valence-corrected chi connectivity index (χ3v) is 7.69. The summed E-state index contributed by atoms with van der Waals surface area (Å²) in [6, 6.07) is 13.6. The van der Waals surface area contributed by atoms with Gasteiger partial charge in [-0.1, -0.05) is 0 Å². The summed E-state index contributed by atoms with van der Waals surface area (Å²) < 4.78 is 12.9. The molecule has 2 fully saturated rings. The lowest BCUT2D eigenvalue weighted by molar-refractivity contribution is -0.384. The van der Waals surface area contributed by atoms with Gasteiger partial charge in [0.2, 0.25) is 0 Å². The number of nitrogens with zero attached hydrogens (tertiary/aromatic N) is 7. The van der Waals surface area contributed by atoms with Crippen molar-refractivity contribution < 1.29 is 14.4 Å². The number of ether oxygens (including phenoxy) is 2. The van der Waals surface area contributed by atoms with Gasteiger partial charge in [-0.25, -0.2) is 4.68 Å². The van der Waals surface area contributed by atoms with E-state index in [1.54, 1.807) is 30.0 Å². The minimum absolute atomic E-state index is 0.0317. The standard InChI is InChI=1S/C27H30N8O5/c1-39-21-9-4-18-15-23(27(36)28-24(18)16-21)25(26-29-30-31-34(26)17-22-3-2-14-40-22)33-12-10-32(11-13-33)19-5-7-20(8-6-19)35(37)38/h4-9,15-16,22,25H,2-3,10-14,17H2,1H3,(H,28,36)/t22-,25+/m1/s1. The fourth-order valence-electron chi connectivity index (χ4n) is 5.57. The molecule has 2 aliphatic heterocycles. The van der Waals surface area contributed by atoms with Gasteiger partial charge in [-0.3, -0.25) is 19.8 Å². The number of tetrazole rings is 1. The molecule has 2 aliphatic rings. The number of non-ortho nitro benzene ring substituents is 1. The summed E-state index contributed by atoms with van der Waals surface area (Å²) in [5.74, 6) is 1.26. The van der Waals surface area contributed by atoms with E-state index in [0.717, 1.165) is 30.5 Å². The van der Waals surface area contributed by atoms with Gasteiger partial charge in [0.25, 0.3) is 11.2 Å². The first-order valence-electron chi connectivity index (χ1n) is 13.3. The van der Waals surface area contributed by atoms with Crippen molar-refractivity contribution in [3.63, 3.8) is 0 Å². The largest absolute Gasteiger partial charge is 0.497 e. The summed E-state index contributed by atoms with van der Waals surface area (Å²) in [7, 11) is 1.59. The van der Waals surface area contributed by atoms with Crippen LogP contribution in [-0.4, -0.2) is 81.0 Å². The van der Waals surface area contributed by atoms with Crippen LogP contribution in [0.2, 0.25) is 0 Å². The van der Waals surface area contributed by atoms with E-state index in [9.17, 15) is 14.9 Å². The second-order valence-electron chi connectivity index (χ2n) is 10.1. The second kappa shape index (κ2) is 11.0. The summed E-state index contributed by atoms with van der Waals surface area (Å²) >= 11 is 0. The number of hydrogen-bond acceptors (Lipinski definition) is 10. The van der Waals surface area contributed by atoms with Gasteiger partial charge in [0.15, 0.2) is 5.82 Å². The minimum atomic E-state index is -0.481. The zero-order chi connectivity index (χ0) is 27.6. The Morgan fingerprint density at radius 3 is 2.65 bits per heavy atom. The van der Waals surface area contributed by atoms with Crippen LogP contribution in [0.1, 0.15) is 30.3 Å². The van der Waals surface area contributed by atoms with Crippen molar-refractivity contribution in [2.24, 2.45) is 0 Å². The van der Waals surface area contributed by atoms with Crippen LogP contribution < -0.4 is 15.2 Å². The Bertz CT molecular complexity index is 1560. The number of pyridine rings is 1. The lowest BCUT2D eigenvalue weighted by Gasteiger charge is -2.39. The minimum Gasteiger partial charge on any atom is -0.497 e. The van der Waals surface area contributed by atoms with E-state index < -0.39 is 11.0 Å². The number of nitro groups is 1. The molecule has 2 atom stereocenters. The van der Waals surface area contributed by atoms with Crippen LogP contribution in [0, 0.1) is 10.1 Å². The zero-order valence-corrected chi connectivity index (χ0v) is 22.1. The van der Waals surface area contributed by atoms with E-state index in [2.05, 4.69) is 30.3 Å². The number of aromatic amines is 1. The molecule has 2 aromatic carbocycles. The predicted octanol–water partition coefficient (Wildman–Crippen LogP) is 2.52. The van der Waals surface area contributed by atoms with Crippen molar-refractivity contribution >= 4 is 22.3 Å². The number of piperazine rings is 1. The van der Waals surface area contributed by atoms with E-state index >= 15 is 0 Å². The Labute approximate surface area is 229 Å². The van der Waals surface area contributed by atoms with Crippen LogP contribution in [0.15, 0.2) is 53.3 Å². The van der Waals surface area contributed by atoms with Gasteiger partial charge in [0.05, 0.1) is 30.2 Å². The van der Waals surface area contributed by atoms with Gasteiger partial charge in [0.1, 0.15) is 11.8 Å². The molecular formula is C27H30N8O5. The van der Waals surface area contributed by atoms with Crippen LogP contribution in [-0.2, 0) is 11.3 Å². The van der Waals surface area contributed by atoms with Crippen LogP contribution in [0.5, 0.6) is 5.75 Å². The van der Waals surface area contributed by atoms with E-state index in [-0.39, 0.29) is 17.4 Å². The summed E-state index contributed by atoms with van der Waals surface area (Å²) in [5.41, 5.74) is 2.02. The maximum atomic E-state index is 13.5. The van der Waals surface area contributed by atoms with Crippen molar-refractivity contribution in [2.75, 3.05) is 44.8 Å². The number of nitro benzene ring substituents is 1. The van der Waals surface area contributed by atoms with E-state index in [0.29, 0.717) is 55.4 Å². The van der Waals surface area contributed by atoms with Gasteiger partial charge in [0, 0.05) is 62.2 Å². The van der Waals surface area contributed by atoms with Gasteiger partial charge in [-0.15, -0.1) is 5.10 Å². The molecular weight excluding hydrogens is 516 g/mol. The molecule has 40 heavy (non-hydrogen) atoms. The molecule has 0 spiro atoms. The highest BCUT2D eigenvalue weighted by molar-refractivity contribution is 5.80. The number of rotatable bonds is 8. The number of nitrogens with one attached hydrogen (secondary N) is 1. The first-order valence-corrected chi connectivity index (χ1v) is 13.3. The summed E-state index contributed by atoms with van der Waals surface area (Å²) in [6.07, 6.45) is 1.98. The molecule has 0 bridgehead atoms. The Kier molecular flexibility index (Phi) is 7.13. The van der Waals surface area contributed by atoms with Crippen LogP contribution in [0.25, 0.3) is 10.9 Å². The molecule has 13 nitrogen and oxygen atoms in total. The Balaban J connectivity index is 1.33. The van der Waals surface area contributed by atoms with Crippen molar-refractivity contribution in [3.05, 3.63) is 80.4 Å². The Morgan fingerprint density at radius 1 is 1.15 bits per heavy atom. The highest BCUT2D eigenvalue weighted by Gasteiger charge is 2.33. The Hall–Kier alpha value is -4.36. The highest BCUT2D eigenvalue weighted by atomic mass is 16.6. The maximum Gasteiger partial charge on any atom is 0.269 e.